The lowest BCUT2D eigenvalue weighted by atomic mass is 10.1. The van der Waals surface area contributed by atoms with Crippen molar-refractivity contribution in [2.24, 2.45) is 4.99 Å². The first kappa shape index (κ1) is 18.2. The van der Waals surface area contributed by atoms with Gasteiger partial charge in [-0.25, -0.2) is 9.98 Å². The molecular weight excluding hydrogens is 310 g/mol. The molecule has 1 saturated heterocycles. The average molecular weight is 340 g/mol. The van der Waals surface area contributed by atoms with Crippen molar-refractivity contribution in [2.45, 2.75) is 39.3 Å². The van der Waals surface area contributed by atoms with Crippen molar-refractivity contribution in [1.82, 2.24) is 20.5 Å². The summed E-state index contributed by atoms with van der Waals surface area (Å²) in [7, 11) is 1.76. The molecule has 0 radical (unpaired) electrons. The minimum atomic E-state index is 0.490. The highest BCUT2D eigenvalue weighted by Crippen LogP contribution is 2.12. The molecule has 0 bridgehead atoms. The summed E-state index contributed by atoms with van der Waals surface area (Å²) in [5.41, 5.74) is 0. The molecule has 23 heavy (non-hydrogen) atoms. The molecule has 1 fully saturated rings. The Morgan fingerprint density at radius 3 is 2.87 bits per heavy atom. The maximum absolute atomic E-state index is 5.15. The number of ether oxygens (including phenoxy) is 1. The zero-order valence-electron chi connectivity index (χ0n) is 14.5. The first-order chi connectivity index (χ1) is 11.2. The van der Waals surface area contributed by atoms with E-state index in [9.17, 15) is 0 Å². The Kier molecular flexibility index (Phi) is 7.78. The van der Waals surface area contributed by atoms with Crippen molar-refractivity contribution in [3.63, 3.8) is 0 Å². The van der Waals surface area contributed by atoms with Crippen molar-refractivity contribution in [3.05, 3.63) is 16.1 Å². The Morgan fingerprint density at radius 1 is 1.48 bits per heavy atom. The number of piperidine rings is 1. The van der Waals surface area contributed by atoms with Crippen LogP contribution < -0.4 is 10.6 Å². The summed E-state index contributed by atoms with van der Waals surface area (Å²) in [5.74, 6) is 0.899. The third-order valence-electron chi connectivity index (χ3n) is 3.93. The maximum Gasteiger partial charge on any atom is 0.191 e. The number of aryl methyl sites for hydroxylation is 1. The van der Waals surface area contributed by atoms with Crippen LogP contribution in [0.25, 0.3) is 0 Å². The Bertz CT molecular complexity index is 483. The highest BCUT2D eigenvalue weighted by molar-refractivity contribution is 7.11. The lowest BCUT2D eigenvalue weighted by Crippen LogP contribution is -2.49. The summed E-state index contributed by atoms with van der Waals surface area (Å²) in [6, 6.07) is 0.490. The van der Waals surface area contributed by atoms with Crippen LogP contribution in [-0.4, -0.2) is 61.8 Å². The van der Waals surface area contributed by atoms with Gasteiger partial charge in [-0.05, 0) is 26.7 Å². The summed E-state index contributed by atoms with van der Waals surface area (Å²) >= 11 is 1.71. The zero-order chi connectivity index (χ0) is 16.5. The molecule has 6 nitrogen and oxygen atoms in total. The molecule has 2 N–H and O–H groups in total. The monoisotopic (exact) mass is 339 g/mol. The number of hydrogen-bond acceptors (Lipinski definition) is 5. The Labute approximate surface area is 143 Å². The van der Waals surface area contributed by atoms with Crippen LogP contribution in [0.3, 0.4) is 0 Å². The molecule has 1 aromatic rings. The van der Waals surface area contributed by atoms with Crippen LogP contribution >= 0.6 is 11.3 Å². The molecule has 0 aromatic carbocycles. The van der Waals surface area contributed by atoms with Gasteiger partial charge in [-0.2, -0.15) is 0 Å². The number of thiazole rings is 1. The van der Waals surface area contributed by atoms with Gasteiger partial charge < -0.3 is 20.3 Å². The van der Waals surface area contributed by atoms with E-state index in [0.717, 1.165) is 56.6 Å². The smallest absolute Gasteiger partial charge is 0.191 e. The Morgan fingerprint density at radius 2 is 2.26 bits per heavy atom. The van der Waals surface area contributed by atoms with Crippen molar-refractivity contribution >= 4 is 17.3 Å². The summed E-state index contributed by atoms with van der Waals surface area (Å²) in [6.45, 7) is 9.76. The van der Waals surface area contributed by atoms with Gasteiger partial charge in [0.05, 0.1) is 13.2 Å². The minimum absolute atomic E-state index is 0.490. The van der Waals surface area contributed by atoms with Gasteiger partial charge in [0.25, 0.3) is 0 Å². The van der Waals surface area contributed by atoms with E-state index in [1.807, 2.05) is 6.20 Å². The van der Waals surface area contributed by atoms with Gasteiger partial charge in [0.1, 0.15) is 5.01 Å². The summed E-state index contributed by atoms with van der Waals surface area (Å²) < 4.78 is 5.15. The van der Waals surface area contributed by atoms with Gasteiger partial charge >= 0.3 is 0 Å². The summed E-state index contributed by atoms with van der Waals surface area (Å²) in [4.78, 5) is 12.7. The van der Waals surface area contributed by atoms with Crippen molar-refractivity contribution in [1.29, 1.82) is 0 Å². The molecule has 0 aliphatic carbocycles. The quantitative estimate of drug-likeness (QED) is 0.584. The fourth-order valence-corrected chi connectivity index (χ4v) is 3.37. The third kappa shape index (κ3) is 6.45. The van der Waals surface area contributed by atoms with E-state index in [1.54, 1.807) is 18.4 Å². The zero-order valence-corrected chi connectivity index (χ0v) is 15.3. The largest absolute Gasteiger partial charge is 0.383 e. The van der Waals surface area contributed by atoms with Gasteiger partial charge in [-0.15, -0.1) is 11.3 Å². The number of aromatic nitrogens is 1. The maximum atomic E-state index is 5.15. The molecular formula is C16H29N5OS. The summed E-state index contributed by atoms with van der Waals surface area (Å²) in [5, 5.41) is 7.97. The number of nitrogens with zero attached hydrogens (tertiary/aromatic N) is 3. The number of hydrogen-bond donors (Lipinski definition) is 2. The van der Waals surface area contributed by atoms with E-state index >= 15 is 0 Å². The van der Waals surface area contributed by atoms with E-state index in [0.29, 0.717) is 12.6 Å². The number of aliphatic imine (C=N–C) groups is 1. The van der Waals surface area contributed by atoms with Crippen LogP contribution in [-0.2, 0) is 11.3 Å². The summed E-state index contributed by atoms with van der Waals surface area (Å²) in [6.07, 6.45) is 4.20. The van der Waals surface area contributed by atoms with Crippen molar-refractivity contribution in [3.8, 4) is 0 Å². The molecule has 1 aliphatic rings. The van der Waals surface area contributed by atoms with Crippen LogP contribution in [0.15, 0.2) is 11.2 Å². The molecule has 1 aromatic heterocycles. The normalized spacial score (nSPS) is 17.4. The van der Waals surface area contributed by atoms with Gasteiger partial charge in [-0.3, -0.25) is 0 Å². The first-order valence-corrected chi connectivity index (χ1v) is 9.20. The fourth-order valence-electron chi connectivity index (χ4n) is 2.66. The topological polar surface area (TPSA) is 61.8 Å². The second-order valence-corrected chi connectivity index (χ2v) is 7.13. The first-order valence-electron chi connectivity index (χ1n) is 8.38. The van der Waals surface area contributed by atoms with E-state index in [2.05, 4.69) is 39.4 Å². The lowest BCUT2D eigenvalue weighted by Gasteiger charge is -2.32. The molecule has 7 heteroatoms. The lowest BCUT2D eigenvalue weighted by molar-refractivity contribution is 0.128. The molecule has 2 rings (SSSR count). The van der Waals surface area contributed by atoms with Crippen LogP contribution in [0, 0.1) is 6.92 Å². The van der Waals surface area contributed by atoms with Crippen LogP contribution in [0.4, 0.5) is 0 Å². The average Bonchev–Trinajstić information content (AvgIpc) is 2.98. The van der Waals surface area contributed by atoms with Gasteiger partial charge in [0, 0.05) is 50.4 Å². The molecule has 0 unspecified atom stereocenters. The van der Waals surface area contributed by atoms with Gasteiger partial charge in [0.2, 0.25) is 0 Å². The second-order valence-electron chi connectivity index (χ2n) is 5.81. The molecule has 130 valence electrons. The molecule has 0 atom stereocenters. The molecule has 1 aliphatic heterocycles. The third-order valence-corrected chi connectivity index (χ3v) is 4.82. The number of likely N-dealkylation sites (tertiary alicyclic amines) is 1. The molecule has 2 heterocycles. The standard InChI is InChI=1S/C16H29N5OS/c1-4-17-16(19-12-15-18-11-13(2)23-15)20-14-5-7-21(8-6-14)9-10-22-3/h11,14H,4-10,12H2,1-3H3,(H2,17,19,20). The predicted octanol–water partition coefficient (Wildman–Crippen LogP) is 1.62. The van der Waals surface area contributed by atoms with Gasteiger partial charge in [-0.1, -0.05) is 0 Å². The number of nitrogens with one attached hydrogen (secondary N) is 2. The van der Waals surface area contributed by atoms with Crippen LogP contribution in [0.5, 0.6) is 0 Å². The minimum Gasteiger partial charge on any atom is -0.383 e. The van der Waals surface area contributed by atoms with Crippen molar-refractivity contribution in [2.75, 3.05) is 39.9 Å². The second kappa shape index (κ2) is 9.85. The Hall–Kier alpha value is -1.18. The number of methoxy groups -OCH3 is 1. The van der Waals surface area contributed by atoms with E-state index in [4.69, 9.17) is 4.74 Å². The van der Waals surface area contributed by atoms with E-state index < -0.39 is 0 Å². The highest BCUT2D eigenvalue weighted by atomic mass is 32.1. The Balaban J connectivity index is 1.80. The van der Waals surface area contributed by atoms with Crippen molar-refractivity contribution < 1.29 is 4.74 Å². The van der Waals surface area contributed by atoms with Gasteiger partial charge in [0.15, 0.2) is 5.96 Å². The van der Waals surface area contributed by atoms with E-state index in [1.165, 1.54) is 4.88 Å². The SMILES string of the molecule is CCNC(=NCc1ncc(C)s1)NC1CCN(CCOC)CC1. The van der Waals surface area contributed by atoms with Crippen LogP contribution in [0.2, 0.25) is 0 Å². The fraction of sp³-hybridized carbons (Fsp3) is 0.750. The number of guanidine groups is 1. The predicted molar refractivity (Wildman–Crippen MR) is 96.1 cm³/mol. The molecule has 0 saturated carbocycles. The number of rotatable bonds is 7. The molecule has 0 amide bonds. The van der Waals surface area contributed by atoms with Crippen LogP contribution in [0.1, 0.15) is 29.7 Å². The molecule has 0 spiro atoms. The van der Waals surface area contributed by atoms with E-state index in [-0.39, 0.29) is 0 Å². The highest BCUT2D eigenvalue weighted by Gasteiger charge is 2.19.